The molecule has 1 atom stereocenters. The molecule has 0 radical (unpaired) electrons. The number of hydrogen-bond acceptors (Lipinski definition) is 6. The molecule has 0 bridgehead atoms. The number of carbonyl (C=O) groups is 1. The second kappa shape index (κ2) is 8.99. The highest BCUT2D eigenvalue weighted by Crippen LogP contribution is 2.34. The Kier molecular flexibility index (Phi) is 6.92. The van der Waals surface area contributed by atoms with Crippen molar-refractivity contribution in [3.8, 4) is 11.5 Å². The summed E-state index contributed by atoms with van der Waals surface area (Å²) >= 11 is 4.13. The zero-order valence-electron chi connectivity index (χ0n) is 15.2. The van der Waals surface area contributed by atoms with Crippen LogP contribution in [0.1, 0.15) is 16.8 Å². The van der Waals surface area contributed by atoms with Gasteiger partial charge in [0.15, 0.2) is 11.5 Å². The molecule has 1 N–H and O–H groups in total. The molecule has 2 aliphatic heterocycles. The Morgan fingerprint density at radius 3 is 2.62 bits per heavy atom. The summed E-state index contributed by atoms with van der Waals surface area (Å²) in [7, 11) is 3.17. The lowest BCUT2D eigenvalue weighted by molar-refractivity contribution is -0.0129. The fourth-order valence-electron chi connectivity index (χ4n) is 3.50. The number of hydrogen-bond donors (Lipinski definition) is 1. The lowest BCUT2D eigenvalue weighted by Crippen LogP contribution is -2.59. The minimum absolute atomic E-state index is 0.0338. The molecule has 0 aliphatic carbocycles. The molecule has 1 aromatic carbocycles. The molecular formula is C18H25IN2O4S. The Morgan fingerprint density at radius 1 is 1.31 bits per heavy atom. The number of nitrogens with zero attached hydrogens (tertiary/aromatic N) is 1. The first-order chi connectivity index (χ1) is 12.6. The molecule has 8 heteroatoms. The Balaban J connectivity index is 1.73. The second-order valence-electron chi connectivity index (χ2n) is 6.50. The van der Waals surface area contributed by atoms with Crippen LogP contribution < -0.4 is 14.8 Å². The number of amides is 1. The van der Waals surface area contributed by atoms with E-state index in [9.17, 15) is 4.79 Å². The van der Waals surface area contributed by atoms with E-state index >= 15 is 0 Å². The number of ether oxygens (including phenoxy) is 3. The van der Waals surface area contributed by atoms with Crippen LogP contribution >= 0.6 is 34.4 Å². The quantitative estimate of drug-likeness (QED) is 0.615. The fourth-order valence-corrected chi connectivity index (χ4v) is 5.66. The standard InChI is InChI=1S/C18H25IN2O4S/c1-23-15-9-13(14(19)10-16(15)24-2)17(22)20-11-18(3-8-26-12-18)21-4-6-25-7-5-21/h9-10H,3-8,11-12H2,1-2H3,(H,20,22). The van der Waals surface area contributed by atoms with Crippen LogP contribution in [0, 0.1) is 3.57 Å². The van der Waals surface area contributed by atoms with Gasteiger partial charge in [0.05, 0.1) is 33.0 Å². The minimum atomic E-state index is -0.0695. The largest absolute Gasteiger partial charge is 0.493 e. The number of carbonyl (C=O) groups excluding carboxylic acids is 1. The summed E-state index contributed by atoms with van der Waals surface area (Å²) in [5.41, 5.74) is 0.651. The summed E-state index contributed by atoms with van der Waals surface area (Å²) in [6.07, 6.45) is 1.10. The summed E-state index contributed by atoms with van der Waals surface area (Å²) in [4.78, 5) is 15.3. The van der Waals surface area contributed by atoms with E-state index in [-0.39, 0.29) is 11.4 Å². The Labute approximate surface area is 172 Å². The molecule has 144 valence electrons. The average molecular weight is 492 g/mol. The maximum atomic E-state index is 12.9. The van der Waals surface area contributed by atoms with Gasteiger partial charge in [-0.2, -0.15) is 11.8 Å². The molecule has 2 aliphatic rings. The molecule has 2 fully saturated rings. The molecule has 1 aromatic rings. The molecule has 2 heterocycles. The van der Waals surface area contributed by atoms with Gasteiger partial charge in [-0.05, 0) is 46.9 Å². The summed E-state index contributed by atoms with van der Waals surface area (Å²) in [5, 5.41) is 3.17. The van der Waals surface area contributed by atoms with Gasteiger partial charge >= 0.3 is 0 Å². The Hall–Kier alpha value is -0.710. The van der Waals surface area contributed by atoms with E-state index in [1.165, 1.54) is 0 Å². The van der Waals surface area contributed by atoms with Crippen molar-refractivity contribution in [1.29, 1.82) is 0 Å². The molecule has 6 nitrogen and oxygen atoms in total. The fraction of sp³-hybridized carbons (Fsp3) is 0.611. The van der Waals surface area contributed by atoms with Gasteiger partial charge in [0.1, 0.15) is 0 Å². The van der Waals surface area contributed by atoms with Gasteiger partial charge in [0.2, 0.25) is 0 Å². The molecular weight excluding hydrogens is 467 g/mol. The van der Waals surface area contributed by atoms with Gasteiger partial charge in [-0.1, -0.05) is 0 Å². The first-order valence-electron chi connectivity index (χ1n) is 8.70. The molecule has 3 rings (SSSR count). The number of methoxy groups -OCH3 is 2. The topological polar surface area (TPSA) is 60.0 Å². The zero-order valence-corrected chi connectivity index (χ0v) is 18.2. The van der Waals surface area contributed by atoms with E-state index in [1.807, 2.05) is 17.8 Å². The van der Waals surface area contributed by atoms with E-state index in [0.717, 1.165) is 47.8 Å². The summed E-state index contributed by atoms with van der Waals surface area (Å²) in [6, 6.07) is 3.58. The molecule has 0 aromatic heterocycles. The molecule has 2 saturated heterocycles. The smallest absolute Gasteiger partial charge is 0.252 e. The number of rotatable bonds is 6. The summed E-state index contributed by atoms with van der Waals surface area (Å²) in [6.45, 7) is 4.07. The summed E-state index contributed by atoms with van der Waals surface area (Å²) < 4.78 is 17.0. The SMILES string of the molecule is COc1cc(I)c(C(=O)NCC2(N3CCOCC3)CCSC2)cc1OC. The van der Waals surface area contributed by atoms with Crippen LogP contribution in [0.25, 0.3) is 0 Å². The molecule has 0 spiro atoms. The van der Waals surface area contributed by atoms with E-state index < -0.39 is 0 Å². The molecule has 0 saturated carbocycles. The van der Waals surface area contributed by atoms with Crippen LogP contribution in [0.2, 0.25) is 0 Å². The van der Waals surface area contributed by atoms with Crippen LogP contribution in [0.15, 0.2) is 12.1 Å². The van der Waals surface area contributed by atoms with Crippen molar-refractivity contribution in [3.05, 3.63) is 21.3 Å². The molecule has 1 unspecified atom stereocenters. The monoisotopic (exact) mass is 492 g/mol. The van der Waals surface area contributed by atoms with Gasteiger partial charge in [-0.25, -0.2) is 0 Å². The van der Waals surface area contributed by atoms with Gasteiger partial charge in [-0.15, -0.1) is 0 Å². The maximum absolute atomic E-state index is 12.9. The van der Waals surface area contributed by atoms with Crippen LogP contribution in [-0.2, 0) is 4.74 Å². The van der Waals surface area contributed by atoms with Crippen molar-refractivity contribution >= 4 is 40.3 Å². The van der Waals surface area contributed by atoms with Gasteiger partial charge < -0.3 is 19.5 Å². The summed E-state index contributed by atoms with van der Waals surface area (Å²) in [5.74, 6) is 3.32. The van der Waals surface area contributed by atoms with Crippen LogP contribution in [0.4, 0.5) is 0 Å². The van der Waals surface area contributed by atoms with E-state index in [1.54, 1.807) is 20.3 Å². The van der Waals surface area contributed by atoms with Gasteiger partial charge in [0, 0.05) is 34.5 Å². The number of thioether (sulfide) groups is 1. The first kappa shape index (κ1) is 20.0. The maximum Gasteiger partial charge on any atom is 0.252 e. The van der Waals surface area contributed by atoms with Gasteiger partial charge in [0.25, 0.3) is 5.91 Å². The highest BCUT2D eigenvalue weighted by Gasteiger charge is 2.41. The highest BCUT2D eigenvalue weighted by molar-refractivity contribution is 14.1. The van der Waals surface area contributed by atoms with E-state index in [0.29, 0.717) is 23.6 Å². The van der Waals surface area contributed by atoms with E-state index in [2.05, 4.69) is 32.8 Å². The number of morpholine rings is 1. The second-order valence-corrected chi connectivity index (χ2v) is 8.76. The third kappa shape index (κ3) is 4.23. The van der Waals surface area contributed by atoms with Crippen molar-refractivity contribution in [2.75, 3.05) is 58.6 Å². The minimum Gasteiger partial charge on any atom is -0.493 e. The number of nitrogens with one attached hydrogen (secondary N) is 1. The van der Waals surface area contributed by atoms with Crippen molar-refractivity contribution in [2.24, 2.45) is 0 Å². The van der Waals surface area contributed by atoms with Gasteiger partial charge in [-0.3, -0.25) is 9.69 Å². The lowest BCUT2D eigenvalue weighted by Gasteiger charge is -2.43. The Bertz CT molecular complexity index is 646. The lowest BCUT2D eigenvalue weighted by atomic mass is 9.95. The third-order valence-corrected chi connectivity index (χ3v) is 7.19. The Morgan fingerprint density at radius 2 is 2.00 bits per heavy atom. The number of benzene rings is 1. The predicted octanol–water partition coefficient (Wildman–Crippen LogP) is 2.25. The molecule has 1 amide bonds. The van der Waals surface area contributed by atoms with E-state index in [4.69, 9.17) is 14.2 Å². The van der Waals surface area contributed by atoms with Crippen LogP contribution in [-0.4, -0.2) is 74.9 Å². The van der Waals surface area contributed by atoms with Crippen molar-refractivity contribution in [1.82, 2.24) is 10.2 Å². The number of halogens is 1. The van der Waals surface area contributed by atoms with Crippen molar-refractivity contribution < 1.29 is 19.0 Å². The normalized spacial score (nSPS) is 23.7. The molecule has 26 heavy (non-hydrogen) atoms. The predicted molar refractivity (Wildman–Crippen MR) is 112 cm³/mol. The third-order valence-electron chi connectivity index (χ3n) is 5.06. The average Bonchev–Trinajstić information content (AvgIpc) is 3.16. The first-order valence-corrected chi connectivity index (χ1v) is 10.9. The van der Waals surface area contributed by atoms with Crippen molar-refractivity contribution in [3.63, 3.8) is 0 Å². The van der Waals surface area contributed by atoms with Crippen molar-refractivity contribution in [2.45, 2.75) is 12.0 Å². The van der Waals surface area contributed by atoms with Crippen LogP contribution in [0.3, 0.4) is 0 Å². The van der Waals surface area contributed by atoms with Crippen LogP contribution in [0.5, 0.6) is 11.5 Å². The highest BCUT2D eigenvalue weighted by atomic mass is 127. The zero-order chi connectivity index (χ0) is 18.6.